The molecule has 2 heteroatoms. The summed E-state index contributed by atoms with van der Waals surface area (Å²) in [6, 6.07) is 64.5. The third-order valence-electron chi connectivity index (χ3n) is 9.24. The number of benzene rings is 8. The van der Waals surface area contributed by atoms with Crippen molar-refractivity contribution in [3.63, 3.8) is 0 Å². The number of rotatable bonds is 5. The van der Waals surface area contributed by atoms with Crippen LogP contribution in [0, 0.1) is 0 Å². The highest BCUT2D eigenvalue weighted by molar-refractivity contribution is 6.20. The van der Waals surface area contributed by atoms with Crippen LogP contribution in [0.5, 0.6) is 0 Å². The van der Waals surface area contributed by atoms with Crippen molar-refractivity contribution in [2.45, 2.75) is 0 Å². The lowest BCUT2D eigenvalue weighted by Gasteiger charge is -2.15. The van der Waals surface area contributed by atoms with Gasteiger partial charge in [0.15, 0.2) is 5.82 Å². The molecule has 9 rings (SSSR count). The van der Waals surface area contributed by atoms with Crippen molar-refractivity contribution in [2.24, 2.45) is 0 Å². The molecule has 9 aromatic rings. The first-order valence-corrected chi connectivity index (χ1v) is 16.3. The fourth-order valence-electron chi connectivity index (χ4n) is 6.91. The first-order valence-electron chi connectivity index (χ1n) is 16.3. The summed E-state index contributed by atoms with van der Waals surface area (Å²) in [6.45, 7) is 0. The van der Waals surface area contributed by atoms with Crippen molar-refractivity contribution in [1.82, 2.24) is 9.97 Å². The topological polar surface area (TPSA) is 25.8 Å². The second-order valence-corrected chi connectivity index (χ2v) is 12.2. The monoisotopic (exact) mass is 610 g/mol. The summed E-state index contributed by atoms with van der Waals surface area (Å²) in [7, 11) is 0. The standard InChI is InChI=1S/C46H30N2/c1-3-13-31(14-4-1)34-19-11-20-36(27-34)44-30-43(33-16-5-2-6-17-33)47-46(48-44)38-22-12-21-37(28-38)45-40-24-10-8-18-35(40)29-42-39-23-9-7-15-32(39)25-26-41(42)45/h1-30H. The van der Waals surface area contributed by atoms with E-state index in [9.17, 15) is 0 Å². The van der Waals surface area contributed by atoms with Crippen LogP contribution in [0.15, 0.2) is 182 Å². The van der Waals surface area contributed by atoms with Gasteiger partial charge in [-0.1, -0.05) is 158 Å². The van der Waals surface area contributed by atoms with E-state index in [0.29, 0.717) is 5.82 Å². The number of hydrogen-bond acceptors (Lipinski definition) is 2. The smallest absolute Gasteiger partial charge is 0.160 e. The maximum atomic E-state index is 5.22. The number of nitrogens with zero attached hydrogens (tertiary/aromatic N) is 2. The summed E-state index contributed by atoms with van der Waals surface area (Å²) in [5, 5.41) is 7.46. The van der Waals surface area contributed by atoms with Crippen molar-refractivity contribution in [2.75, 3.05) is 0 Å². The zero-order chi connectivity index (χ0) is 31.9. The highest BCUT2D eigenvalue weighted by Gasteiger charge is 2.15. The zero-order valence-electron chi connectivity index (χ0n) is 26.2. The van der Waals surface area contributed by atoms with Crippen LogP contribution < -0.4 is 0 Å². The minimum Gasteiger partial charge on any atom is -0.228 e. The van der Waals surface area contributed by atoms with Crippen molar-refractivity contribution in [1.29, 1.82) is 0 Å². The molecule has 0 saturated carbocycles. The minimum absolute atomic E-state index is 0.702. The largest absolute Gasteiger partial charge is 0.228 e. The summed E-state index contributed by atoms with van der Waals surface area (Å²) < 4.78 is 0. The van der Waals surface area contributed by atoms with Crippen LogP contribution >= 0.6 is 0 Å². The predicted molar refractivity (Wildman–Crippen MR) is 202 cm³/mol. The van der Waals surface area contributed by atoms with Gasteiger partial charge in [0.1, 0.15) is 0 Å². The molecule has 0 N–H and O–H groups in total. The Hall–Kier alpha value is -6.38. The molecule has 0 fully saturated rings. The lowest BCUT2D eigenvalue weighted by molar-refractivity contribution is 1.18. The van der Waals surface area contributed by atoms with E-state index in [-0.39, 0.29) is 0 Å². The van der Waals surface area contributed by atoms with Crippen molar-refractivity contribution < 1.29 is 0 Å². The molecule has 0 spiro atoms. The summed E-state index contributed by atoms with van der Waals surface area (Å²) in [4.78, 5) is 10.4. The van der Waals surface area contributed by atoms with E-state index in [0.717, 1.165) is 39.2 Å². The molecule has 8 aromatic carbocycles. The zero-order valence-corrected chi connectivity index (χ0v) is 26.2. The Morgan fingerprint density at radius 2 is 0.833 bits per heavy atom. The molecule has 0 bridgehead atoms. The maximum Gasteiger partial charge on any atom is 0.160 e. The number of hydrogen-bond donors (Lipinski definition) is 0. The predicted octanol–water partition coefficient (Wildman–Crippen LogP) is 12.3. The summed E-state index contributed by atoms with van der Waals surface area (Å²) in [6.07, 6.45) is 0. The third kappa shape index (κ3) is 5.01. The van der Waals surface area contributed by atoms with Crippen molar-refractivity contribution in [3.05, 3.63) is 182 Å². The summed E-state index contributed by atoms with van der Waals surface area (Å²) in [5.41, 5.74) is 9.60. The third-order valence-corrected chi connectivity index (χ3v) is 9.24. The van der Waals surface area contributed by atoms with E-state index >= 15 is 0 Å². The molecular formula is C46H30N2. The first kappa shape index (κ1) is 27.9. The van der Waals surface area contributed by atoms with E-state index in [4.69, 9.17) is 9.97 Å². The highest BCUT2D eigenvalue weighted by atomic mass is 14.9. The van der Waals surface area contributed by atoms with E-state index in [1.807, 2.05) is 12.1 Å². The molecule has 0 unspecified atom stereocenters. The van der Waals surface area contributed by atoms with Gasteiger partial charge >= 0.3 is 0 Å². The maximum absolute atomic E-state index is 5.22. The van der Waals surface area contributed by atoms with Gasteiger partial charge in [0.25, 0.3) is 0 Å². The Morgan fingerprint density at radius 1 is 0.271 bits per heavy atom. The molecule has 0 aliphatic rings. The molecule has 0 aliphatic heterocycles. The summed E-state index contributed by atoms with van der Waals surface area (Å²) >= 11 is 0. The molecular weight excluding hydrogens is 581 g/mol. The van der Waals surface area contributed by atoms with Crippen molar-refractivity contribution in [3.8, 4) is 56.2 Å². The average Bonchev–Trinajstić information content (AvgIpc) is 3.17. The van der Waals surface area contributed by atoms with Gasteiger partial charge in [-0.2, -0.15) is 0 Å². The van der Waals surface area contributed by atoms with Crippen LogP contribution in [0.3, 0.4) is 0 Å². The lowest BCUT2D eigenvalue weighted by Crippen LogP contribution is -1.96. The Labute approximate surface area is 279 Å². The van der Waals surface area contributed by atoms with E-state index in [1.54, 1.807) is 0 Å². The van der Waals surface area contributed by atoms with Gasteiger partial charge in [0.2, 0.25) is 0 Å². The average molecular weight is 611 g/mol. The van der Waals surface area contributed by atoms with Crippen LogP contribution in [-0.2, 0) is 0 Å². The second-order valence-electron chi connectivity index (χ2n) is 12.2. The minimum atomic E-state index is 0.702. The molecule has 48 heavy (non-hydrogen) atoms. The molecule has 224 valence electrons. The molecule has 0 saturated heterocycles. The van der Waals surface area contributed by atoms with Gasteiger partial charge in [-0.25, -0.2) is 9.97 Å². The van der Waals surface area contributed by atoms with Crippen LogP contribution in [-0.4, -0.2) is 9.97 Å². The fourth-order valence-corrected chi connectivity index (χ4v) is 6.91. The van der Waals surface area contributed by atoms with Crippen molar-refractivity contribution >= 4 is 32.3 Å². The van der Waals surface area contributed by atoms with Gasteiger partial charge in [0.05, 0.1) is 11.4 Å². The first-order chi connectivity index (χ1) is 23.8. The molecule has 0 atom stereocenters. The summed E-state index contributed by atoms with van der Waals surface area (Å²) in [5.74, 6) is 0.702. The van der Waals surface area contributed by atoms with E-state index in [1.165, 1.54) is 43.4 Å². The molecule has 0 aliphatic carbocycles. The van der Waals surface area contributed by atoms with Gasteiger partial charge in [-0.3, -0.25) is 0 Å². The lowest BCUT2D eigenvalue weighted by atomic mass is 9.89. The quantitative estimate of drug-likeness (QED) is 0.143. The fraction of sp³-hybridized carbons (Fsp3) is 0. The van der Waals surface area contributed by atoms with Gasteiger partial charge < -0.3 is 0 Å². The molecule has 0 amide bonds. The molecule has 1 aromatic heterocycles. The Kier molecular flexibility index (Phi) is 6.84. The Bertz CT molecular complexity index is 2610. The normalized spacial score (nSPS) is 11.3. The Balaban J connectivity index is 1.24. The SMILES string of the molecule is c1ccc(-c2cccc(-c3cc(-c4ccccc4)nc(-c4cccc(-c5c6ccccc6cc6c5ccc5ccccc56)c4)n3)c2)cc1. The number of aromatic nitrogens is 2. The Morgan fingerprint density at radius 3 is 1.62 bits per heavy atom. The second kappa shape index (κ2) is 11.8. The van der Waals surface area contributed by atoms with Gasteiger partial charge in [0, 0.05) is 16.7 Å². The van der Waals surface area contributed by atoms with Crippen LogP contribution in [0.25, 0.3) is 88.5 Å². The molecule has 1 heterocycles. The molecule has 0 radical (unpaired) electrons. The van der Waals surface area contributed by atoms with Gasteiger partial charge in [-0.05, 0) is 78.8 Å². The van der Waals surface area contributed by atoms with Crippen LogP contribution in [0.4, 0.5) is 0 Å². The van der Waals surface area contributed by atoms with Gasteiger partial charge in [-0.15, -0.1) is 0 Å². The van der Waals surface area contributed by atoms with Crippen LogP contribution in [0.2, 0.25) is 0 Å². The molecule has 2 nitrogen and oxygen atoms in total. The van der Waals surface area contributed by atoms with Crippen LogP contribution in [0.1, 0.15) is 0 Å². The number of fused-ring (bicyclic) bond motifs is 4. The highest BCUT2D eigenvalue weighted by Crippen LogP contribution is 2.40. The van der Waals surface area contributed by atoms with E-state index < -0.39 is 0 Å². The van der Waals surface area contributed by atoms with E-state index in [2.05, 4.69) is 170 Å².